The van der Waals surface area contributed by atoms with Crippen LogP contribution in [0, 0.1) is 0 Å². The highest BCUT2D eigenvalue weighted by Crippen LogP contribution is 2.15. The van der Waals surface area contributed by atoms with E-state index in [0.29, 0.717) is 12.8 Å². The third-order valence-corrected chi connectivity index (χ3v) is 7.00. The van der Waals surface area contributed by atoms with Gasteiger partial charge in [0, 0.05) is 12.8 Å². The molecule has 0 radical (unpaired) electrons. The molecule has 1 atom stereocenters. The molecule has 236 valence electrons. The minimum atomic E-state index is -1.02. The van der Waals surface area contributed by atoms with Crippen LogP contribution in [0.4, 0.5) is 0 Å². The van der Waals surface area contributed by atoms with Crippen molar-refractivity contribution in [1.29, 1.82) is 0 Å². The van der Waals surface area contributed by atoms with Crippen LogP contribution in [0.1, 0.15) is 155 Å². The normalized spacial score (nSPS) is 12.4. The number of hydrogen-bond acceptors (Lipinski definition) is 4. The number of esters is 1. The molecular weight excluding hydrogens is 514 g/mol. The number of ether oxygens (including phenoxy) is 1. The maximum atomic E-state index is 12.5. The Morgan fingerprint density at radius 3 is 1.93 bits per heavy atom. The Labute approximate surface area is 251 Å². The molecule has 0 aromatic heterocycles. The average Bonchev–Trinajstić information content (AvgIpc) is 2.95. The van der Waals surface area contributed by atoms with Crippen molar-refractivity contribution in [2.45, 2.75) is 161 Å². The third-order valence-electron chi connectivity index (χ3n) is 7.00. The zero-order valence-electron chi connectivity index (χ0n) is 26.4. The first-order valence-corrected chi connectivity index (χ1v) is 16.6. The van der Waals surface area contributed by atoms with Crippen molar-refractivity contribution < 1.29 is 24.2 Å². The molecule has 0 aromatic carbocycles. The molecule has 0 rings (SSSR count). The van der Waals surface area contributed by atoms with E-state index in [1.165, 1.54) is 51.4 Å². The van der Waals surface area contributed by atoms with E-state index in [2.05, 4.69) is 55.6 Å². The van der Waals surface area contributed by atoms with Crippen LogP contribution >= 0.6 is 0 Å². The number of amides is 1. The summed E-state index contributed by atoms with van der Waals surface area (Å²) in [7, 11) is 0. The van der Waals surface area contributed by atoms with Gasteiger partial charge in [0.25, 0.3) is 0 Å². The number of hydrogen-bond donors (Lipinski definition) is 2. The summed E-state index contributed by atoms with van der Waals surface area (Å²) in [6, 6.07) is 0. The number of rotatable bonds is 29. The van der Waals surface area contributed by atoms with E-state index in [0.717, 1.165) is 77.0 Å². The summed E-state index contributed by atoms with van der Waals surface area (Å²) in [5, 5.41) is 11.0. The van der Waals surface area contributed by atoms with E-state index >= 15 is 0 Å². The van der Waals surface area contributed by atoms with Gasteiger partial charge in [-0.1, -0.05) is 108 Å². The van der Waals surface area contributed by atoms with Crippen molar-refractivity contribution in [2.24, 2.45) is 0 Å². The number of carboxylic acid groups (broad SMARTS) is 1. The van der Waals surface area contributed by atoms with E-state index in [1.54, 1.807) is 0 Å². The number of unbranched alkanes of at least 4 members (excludes halogenated alkanes) is 14. The SMILES string of the molecule is CCC/C=C\CCCCCCCC(=O)OC(/C=C\C/C=C\CCCCC)CCCCCCCCC(=O)NCC(=O)O. The lowest BCUT2D eigenvalue weighted by Crippen LogP contribution is -2.28. The van der Waals surface area contributed by atoms with Gasteiger partial charge < -0.3 is 15.2 Å². The number of carboxylic acids is 1. The van der Waals surface area contributed by atoms with Gasteiger partial charge in [-0.15, -0.1) is 0 Å². The number of carbonyl (C=O) groups is 3. The van der Waals surface area contributed by atoms with Gasteiger partial charge in [0.05, 0.1) is 0 Å². The van der Waals surface area contributed by atoms with Crippen LogP contribution in [0.3, 0.4) is 0 Å². The van der Waals surface area contributed by atoms with Crippen LogP contribution in [0.5, 0.6) is 0 Å². The van der Waals surface area contributed by atoms with Gasteiger partial charge in [-0.25, -0.2) is 0 Å². The lowest BCUT2D eigenvalue weighted by molar-refractivity contribution is -0.147. The summed E-state index contributed by atoms with van der Waals surface area (Å²) in [4.78, 5) is 34.6. The van der Waals surface area contributed by atoms with Gasteiger partial charge >= 0.3 is 11.9 Å². The number of nitrogens with one attached hydrogen (secondary N) is 1. The second-order valence-corrected chi connectivity index (χ2v) is 11.1. The summed E-state index contributed by atoms with van der Waals surface area (Å²) in [6.45, 7) is 4.10. The van der Waals surface area contributed by atoms with Crippen molar-refractivity contribution >= 4 is 17.8 Å². The highest BCUT2D eigenvalue weighted by Gasteiger charge is 2.11. The van der Waals surface area contributed by atoms with Crippen molar-refractivity contribution in [1.82, 2.24) is 5.32 Å². The van der Waals surface area contributed by atoms with Gasteiger partial charge in [0.15, 0.2) is 0 Å². The summed E-state index contributed by atoms with van der Waals surface area (Å²) in [5.41, 5.74) is 0. The number of carbonyl (C=O) groups excluding carboxylic acids is 2. The van der Waals surface area contributed by atoms with Crippen molar-refractivity contribution in [2.75, 3.05) is 6.54 Å². The quantitative estimate of drug-likeness (QED) is 0.0526. The summed E-state index contributed by atoms with van der Waals surface area (Å²) < 4.78 is 5.86. The smallest absolute Gasteiger partial charge is 0.322 e. The molecule has 0 heterocycles. The molecule has 41 heavy (non-hydrogen) atoms. The molecule has 2 N–H and O–H groups in total. The van der Waals surface area contributed by atoms with Crippen LogP contribution < -0.4 is 5.32 Å². The first-order valence-electron chi connectivity index (χ1n) is 16.6. The topological polar surface area (TPSA) is 92.7 Å². The fourth-order valence-electron chi connectivity index (χ4n) is 4.52. The monoisotopic (exact) mass is 575 g/mol. The Bertz CT molecular complexity index is 728. The molecule has 1 amide bonds. The lowest BCUT2D eigenvalue weighted by Gasteiger charge is -2.14. The maximum absolute atomic E-state index is 12.5. The predicted octanol–water partition coefficient (Wildman–Crippen LogP) is 9.39. The molecule has 6 heteroatoms. The fourth-order valence-corrected chi connectivity index (χ4v) is 4.52. The van der Waals surface area contributed by atoms with Crippen molar-refractivity contribution in [3.05, 3.63) is 36.5 Å². The van der Waals surface area contributed by atoms with E-state index in [4.69, 9.17) is 9.84 Å². The Balaban J connectivity index is 4.26. The van der Waals surface area contributed by atoms with Crippen LogP contribution in [0.25, 0.3) is 0 Å². The number of allylic oxidation sites excluding steroid dienone is 5. The van der Waals surface area contributed by atoms with Gasteiger partial charge in [-0.05, 0) is 70.3 Å². The zero-order chi connectivity index (χ0) is 30.2. The minimum absolute atomic E-state index is 0.0848. The number of aliphatic carboxylic acids is 1. The first-order chi connectivity index (χ1) is 20.0. The highest BCUT2D eigenvalue weighted by molar-refractivity contribution is 5.80. The second kappa shape index (κ2) is 30.6. The Kier molecular flexibility index (Phi) is 28.8. The zero-order valence-corrected chi connectivity index (χ0v) is 26.4. The van der Waals surface area contributed by atoms with Gasteiger partial charge in [0.2, 0.25) is 5.91 Å². The highest BCUT2D eigenvalue weighted by atomic mass is 16.5. The fraction of sp³-hybridized carbons (Fsp3) is 0.743. The van der Waals surface area contributed by atoms with Crippen LogP contribution in [0.2, 0.25) is 0 Å². The molecule has 0 aliphatic rings. The molecule has 0 saturated carbocycles. The van der Waals surface area contributed by atoms with Gasteiger partial charge in [-0.2, -0.15) is 0 Å². The average molecular weight is 576 g/mol. The molecule has 0 bridgehead atoms. The van der Waals surface area contributed by atoms with E-state index in [9.17, 15) is 14.4 Å². The molecule has 0 aromatic rings. The molecule has 0 aliphatic heterocycles. The Morgan fingerprint density at radius 1 is 0.659 bits per heavy atom. The largest absolute Gasteiger partial charge is 0.480 e. The van der Waals surface area contributed by atoms with Crippen molar-refractivity contribution in [3.63, 3.8) is 0 Å². The molecule has 0 spiro atoms. The Hall–Kier alpha value is -2.37. The summed E-state index contributed by atoms with van der Waals surface area (Å²) >= 11 is 0. The Morgan fingerprint density at radius 2 is 1.24 bits per heavy atom. The van der Waals surface area contributed by atoms with Crippen LogP contribution in [0.15, 0.2) is 36.5 Å². The van der Waals surface area contributed by atoms with Gasteiger partial charge in [0.1, 0.15) is 12.6 Å². The van der Waals surface area contributed by atoms with Crippen LogP contribution in [-0.4, -0.2) is 35.6 Å². The predicted molar refractivity (Wildman–Crippen MR) is 171 cm³/mol. The van der Waals surface area contributed by atoms with E-state index < -0.39 is 5.97 Å². The molecule has 0 saturated heterocycles. The molecule has 0 aliphatic carbocycles. The maximum Gasteiger partial charge on any atom is 0.322 e. The second-order valence-electron chi connectivity index (χ2n) is 11.1. The molecular formula is C35H61NO5. The first kappa shape index (κ1) is 38.6. The third kappa shape index (κ3) is 30.4. The minimum Gasteiger partial charge on any atom is -0.480 e. The molecule has 1 unspecified atom stereocenters. The van der Waals surface area contributed by atoms with Gasteiger partial charge in [-0.3, -0.25) is 14.4 Å². The standard InChI is InChI=1S/C35H61NO5/c1-3-5-7-9-11-13-14-16-22-26-30-35(40)41-32(27-23-19-15-12-10-8-6-4-2)28-24-20-17-18-21-25-29-33(37)36-31-34(38)39/h7,9,12,15,23,27,32H,3-6,8,10-11,13-14,16-22,24-26,28-31H2,1-2H3,(H,36,37)(H,38,39)/b9-7-,15-12-,27-23-. The van der Waals surface area contributed by atoms with E-state index in [1.807, 2.05) is 0 Å². The van der Waals surface area contributed by atoms with Crippen LogP contribution in [-0.2, 0) is 19.1 Å². The molecule has 0 fully saturated rings. The van der Waals surface area contributed by atoms with E-state index in [-0.39, 0.29) is 24.5 Å². The summed E-state index contributed by atoms with van der Waals surface area (Å²) in [5.74, 6) is -1.30. The molecule has 6 nitrogen and oxygen atoms in total. The summed E-state index contributed by atoms with van der Waals surface area (Å²) in [6.07, 6.45) is 35.6. The lowest BCUT2D eigenvalue weighted by atomic mass is 10.1. The van der Waals surface area contributed by atoms with Crippen molar-refractivity contribution in [3.8, 4) is 0 Å².